The minimum absolute atomic E-state index is 0.215. The van der Waals surface area contributed by atoms with Crippen LogP contribution in [-0.2, 0) is 4.79 Å². The number of aliphatic hydroxyl groups is 2. The SMILES string of the molecule is O=C(O)C1CCC2CC1CN2CC(O)CO. The van der Waals surface area contributed by atoms with E-state index in [1.165, 1.54) is 0 Å². The van der Waals surface area contributed by atoms with E-state index >= 15 is 0 Å². The predicted octanol–water partition coefficient (Wildman–Crippen LogP) is -0.475. The molecule has 1 heterocycles. The summed E-state index contributed by atoms with van der Waals surface area (Å²) in [7, 11) is 0. The lowest BCUT2D eigenvalue weighted by Gasteiger charge is -2.27. The van der Waals surface area contributed by atoms with Crippen LogP contribution in [0, 0.1) is 11.8 Å². The maximum Gasteiger partial charge on any atom is 0.306 e. The van der Waals surface area contributed by atoms with Crippen molar-refractivity contribution in [3.05, 3.63) is 0 Å². The number of aliphatic carboxylic acids is 1. The molecule has 2 rings (SSSR count). The van der Waals surface area contributed by atoms with Gasteiger partial charge in [-0.05, 0) is 25.2 Å². The van der Waals surface area contributed by atoms with Crippen LogP contribution in [0.2, 0.25) is 0 Å². The van der Waals surface area contributed by atoms with E-state index in [2.05, 4.69) is 4.90 Å². The van der Waals surface area contributed by atoms with Crippen LogP contribution in [0.3, 0.4) is 0 Å². The minimum atomic E-state index is -0.706. The van der Waals surface area contributed by atoms with Crippen molar-refractivity contribution in [1.29, 1.82) is 0 Å². The molecule has 0 aromatic heterocycles. The summed E-state index contributed by atoms with van der Waals surface area (Å²) in [5.41, 5.74) is 0. The van der Waals surface area contributed by atoms with E-state index < -0.39 is 12.1 Å². The van der Waals surface area contributed by atoms with Gasteiger partial charge in [0.1, 0.15) is 0 Å². The molecule has 5 heteroatoms. The van der Waals surface area contributed by atoms with Crippen LogP contribution < -0.4 is 0 Å². The highest BCUT2D eigenvalue weighted by molar-refractivity contribution is 5.70. The molecule has 4 unspecified atom stereocenters. The third-order valence-electron chi connectivity index (χ3n) is 3.91. The second-order valence-electron chi connectivity index (χ2n) is 4.96. The van der Waals surface area contributed by atoms with E-state index in [-0.39, 0.29) is 18.4 Å². The Morgan fingerprint density at radius 1 is 1.44 bits per heavy atom. The average molecular weight is 229 g/mol. The van der Waals surface area contributed by atoms with Crippen molar-refractivity contribution in [2.24, 2.45) is 11.8 Å². The van der Waals surface area contributed by atoms with Gasteiger partial charge in [0, 0.05) is 19.1 Å². The van der Waals surface area contributed by atoms with Crippen molar-refractivity contribution in [2.45, 2.75) is 31.4 Å². The number of hydrogen-bond donors (Lipinski definition) is 3. The maximum atomic E-state index is 11.0. The number of hydrogen-bond acceptors (Lipinski definition) is 4. The summed E-state index contributed by atoms with van der Waals surface area (Å²) in [6, 6.07) is 0.404. The summed E-state index contributed by atoms with van der Waals surface area (Å²) < 4.78 is 0. The Hall–Kier alpha value is -0.650. The second kappa shape index (κ2) is 4.69. The zero-order chi connectivity index (χ0) is 11.7. The summed E-state index contributed by atoms with van der Waals surface area (Å²) >= 11 is 0. The second-order valence-corrected chi connectivity index (χ2v) is 4.96. The van der Waals surface area contributed by atoms with E-state index in [1.54, 1.807) is 0 Å². The molecule has 0 spiro atoms. The lowest BCUT2D eigenvalue weighted by molar-refractivity contribution is -0.144. The van der Waals surface area contributed by atoms with Crippen LogP contribution in [0.15, 0.2) is 0 Å². The molecule has 2 fully saturated rings. The number of carboxylic acid groups (broad SMARTS) is 1. The van der Waals surface area contributed by atoms with Crippen LogP contribution in [0.25, 0.3) is 0 Å². The first kappa shape index (κ1) is 11.8. The summed E-state index contributed by atoms with van der Waals surface area (Å²) in [5, 5.41) is 27.3. The number of carbonyl (C=O) groups is 1. The summed E-state index contributed by atoms with van der Waals surface area (Å²) in [5.74, 6) is -0.678. The van der Waals surface area contributed by atoms with Gasteiger partial charge in [0.25, 0.3) is 0 Å². The first-order chi connectivity index (χ1) is 7.61. The average Bonchev–Trinajstić information content (AvgIpc) is 2.55. The molecule has 92 valence electrons. The first-order valence-corrected chi connectivity index (χ1v) is 5.87. The molecule has 0 amide bonds. The van der Waals surface area contributed by atoms with Crippen LogP contribution in [0.4, 0.5) is 0 Å². The fourth-order valence-corrected chi connectivity index (χ4v) is 3.10. The molecule has 2 aliphatic rings. The number of nitrogens with zero attached hydrogens (tertiary/aromatic N) is 1. The highest BCUT2D eigenvalue weighted by Gasteiger charge is 2.43. The number of fused-ring (bicyclic) bond motifs is 2. The van der Waals surface area contributed by atoms with Crippen LogP contribution >= 0.6 is 0 Å². The van der Waals surface area contributed by atoms with E-state index in [0.717, 1.165) is 25.8 Å². The molecule has 0 aromatic rings. The van der Waals surface area contributed by atoms with E-state index in [4.69, 9.17) is 10.2 Å². The number of rotatable bonds is 4. The standard InChI is InChI=1S/C11H19NO4/c13-6-9(14)5-12-4-7-3-8(12)1-2-10(7)11(15)16/h7-10,13-14H,1-6H2,(H,15,16). The highest BCUT2D eigenvalue weighted by atomic mass is 16.4. The molecular weight excluding hydrogens is 210 g/mol. The molecule has 1 saturated heterocycles. The molecule has 16 heavy (non-hydrogen) atoms. The molecule has 1 saturated carbocycles. The molecule has 2 bridgehead atoms. The Labute approximate surface area is 94.7 Å². The molecule has 1 aliphatic carbocycles. The molecule has 5 nitrogen and oxygen atoms in total. The topological polar surface area (TPSA) is 81.0 Å². The van der Waals surface area contributed by atoms with Gasteiger partial charge >= 0.3 is 5.97 Å². The van der Waals surface area contributed by atoms with Gasteiger partial charge in [-0.25, -0.2) is 0 Å². The monoisotopic (exact) mass is 229 g/mol. The van der Waals surface area contributed by atoms with Crippen molar-refractivity contribution in [1.82, 2.24) is 4.90 Å². The largest absolute Gasteiger partial charge is 0.481 e. The quantitative estimate of drug-likeness (QED) is 0.607. The predicted molar refractivity (Wildman–Crippen MR) is 56.9 cm³/mol. The number of likely N-dealkylation sites (tertiary alicyclic amines) is 1. The van der Waals surface area contributed by atoms with Gasteiger partial charge < -0.3 is 15.3 Å². The zero-order valence-corrected chi connectivity index (χ0v) is 9.25. The van der Waals surface area contributed by atoms with Crippen molar-refractivity contribution in [3.8, 4) is 0 Å². The van der Waals surface area contributed by atoms with Gasteiger partial charge in [0.05, 0.1) is 18.6 Å². The van der Waals surface area contributed by atoms with Crippen molar-refractivity contribution >= 4 is 5.97 Å². The lowest BCUT2D eigenvalue weighted by atomic mass is 9.80. The Morgan fingerprint density at radius 2 is 2.19 bits per heavy atom. The summed E-state index contributed by atoms with van der Waals surface area (Å²) in [4.78, 5) is 13.2. The van der Waals surface area contributed by atoms with E-state index in [0.29, 0.717) is 12.6 Å². The Kier molecular flexibility index (Phi) is 3.47. The fraction of sp³-hybridized carbons (Fsp3) is 0.909. The fourth-order valence-electron chi connectivity index (χ4n) is 3.10. The molecule has 4 atom stereocenters. The molecule has 0 radical (unpaired) electrons. The zero-order valence-electron chi connectivity index (χ0n) is 9.25. The molecule has 1 aliphatic heterocycles. The van der Waals surface area contributed by atoms with E-state index in [9.17, 15) is 9.90 Å². The van der Waals surface area contributed by atoms with Gasteiger partial charge in [-0.15, -0.1) is 0 Å². The third kappa shape index (κ3) is 2.21. The maximum absolute atomic E-state index is 11.0. The molecule has 3 N–H and O–H groups in total. The van der Waals surface area contributed by atoms with Crippen molar-refractivity contribution in [2.75, 3.05) is 19.7 Å². The number of β-amino-alcohol motifs (C(OH)–C–C–N with tert-alkyl or cyclic N) is 1. The smallest absolute Gasteiger partial charge is 0.306 e. The summed E-state index contributed by atoms with van der Waals surface area (Å²) in [6.07, 6.45) is 1.86. The lowest BCUT2D eigenvalue weighted by Crippen LogP contribution is -2.37. The Balaban J connectivity index is 1.95. The number of carboxylic acids is 1. The van der Waals surface area contributed by atoms with Gasteiger partial charge in [-0.2, -0.15) is 0 Å². The van der Waals surface area contributed by atoms with Crippen LogP contribution in [0.1, 0.15) is 19.3 Å². The minimum Gasteiger partial charge on any atom is -0.481 e. The van der Waals surface area contributed by atoms with Crippen molar-refractivity contribution in [3.63, 3.8) is 0 Å². The van der Waals surface area contributed by atoms with Crippen LogP contribution in [-0.4, -0.2) is 58.0 Å². The summed E-state index contributed by atoms with van der Waals surface area (Å²) in [6.45, 7) is 0.985. The van der Waals surface area contributed by atoms with E-state index in [1.807, 2.05) is 0 Å². The normalized spacial score (nSPS) is 36.2. The Morgan fingerprint density at radius 3 is 2.81 bits per heavy atom. The van der Waals surface area contributed by atoms with Gasteiger partial charge in [0.15, 0.2) is 0 Å². The van der Waals surface area contributed by atoms with Gasteiger partial charge in [-0.1, -0.05) is 0 Å². The third-order valence-corrected chi connectivity index (χ3v) is 3.91. The molecular formula is C11H19NO4. The Bertz CT molecular complexity index is 271. The number of aliphatic hydroxyl groups excluding tert-OH is 2. The first-order valence-electron chi connectivity index (χ1n) is 5.87. The van der Waals surface area contributed by atoms with Gasteiger partial charge in [0.2, 0.25) is 0 Å². The van der Waals surface area contributed by atoms with Crippen LogP contribution in [0.5, 0.6) is 0 Å². The van der Waals surface area contributed by atoms with Gasteiger partial charge in [-0.3, -0.25) is 9.69 Å². The van der Waals surface area contributed by atoms with Crippen molar-refractivity contribution < 1.29 is 20.1 Å². The highest BCUT2D eigenvalue weighted by Crippen LogP contribution is 2.39. The molecule has 0 aromatic carbocycles.